The summed E-state index contributed by atoms with van der Waals surface area (Å²) in [6, 6.07) is 6.47. The van der Waals surface area contributed by atoms with Crippen molar-refractivity contribution < 1.29 is 9.59 Å². The van der Waals surface area contributed by atoms with Crippen LogP contribution in [0.3, 0.4) is 0 Å². The molecule has 1 aliphatic rings. The third-order valence-electron chi connectivity index (χ3n) is 3.87. The summed E-state index contributed by atoms with van der Waals surface area (Å²) < 4.78 is 0. The van der Waals surface area contributed by atoms with E-state index in [2.05, 4.69) is 10.6 Å². The van der Waals surface area contributed by atoms with Crippen LogP contribution in [0.25, 0.3) is 0 Å². The molecule has 0 radical (unpaired) electrons. The Balaban J connectivity index is 2.03. The van der Waals surface area contributed by atoms with Crippen molar-refractivity contribution in [3.8, 4) is 0 Å². The van der Waals surface area contributed by atoms with Crippen LogP contribution in [0.5, 0.6) is 0 Å². The van der Waals surface area contributed by atoms with Crippen LogP contribution in [0.1, 0.15) is 19.8 Å². The van der Waals surface area contributed by atoms with E-state index in [1.54, 1.807) is 31.3 Å². The Labute approximate surface area is 124 Å². The molecule has 6 heteroatoms. The standard InChI is InChI=1S/C15H22N4O2/c1-10(19-8-4-7-13(19)15(21)17-2)14(20)18-12-6-3-5-11(16)9-12/h3,5-6,9-10,13H,4,7-8,16H2,1-2H3,(H,17,21)(H,18,20). The third kappa shape index (κ3) is 3.52. The smallest absolute Gasteiger partial charge is 0.241 e. The molecule has 2 amide bonds. The second-order valence-electron chi connectivity index (χ2n) is 5.30. The summed E-state index contributed by atoms with van der Waals surface area (Å²) in [7, 11) is 1.62. The van der Waals surface area contributed by atoms with Crippen molar-refractivity contribution in [3.05, 3.63) is 24.3 Å². The van der Waals surface area contributed by atoms with Gasteiger partial charge in [-0.2, -0.15) is 0 Å². The van der Waals surface area contributed by atoms with E-state index in [9.17, 15) is 9.59 Å². The maximum Gasteiger partial charge on any atom is 0.241 e. The minimum Gasteiger partial charge on any atom is -0.399 e. The van der Waals surface area contributed by atoms with Crippen LogP contribution in [-0.2, 0) is 9.59 Å². The molecule has 114 valence electrons. The number of nitrogens with two attached hydrogens (primary N) is 1. The summed E-state index contributed by atoms with van der Waals surface area (Å²) in [4.78, 5) is 26.1. The fourth-order valence-electron chi connectivity index (χ4n) is 2.71. The van der Waals surface area contributed by atoms with Gasteiger partial charge < -0.3 is 16.4 Å². The third-order valence-corrected chi connectivity index (χ3v) is 3.87. The maximum absolute atomic E-state index is 12.3. The first-order valence-electron chi connectivity index (χ1n) is 7.16. The second-order valence-corrected chi connectivity index (χ2v) is 5.30. The Morgan fingerprint density at radius 1 is 1.43 bits per heavy atom. The van der Waals surface area contributed by atoms with Crippen LogP contribution >= 0.6 is 0 Å². The highest BCUT2D eigenvalue weighted by atomic mass is 16.2. The normalized spacial score (nSPS) is 20.0. The van der Waals surface area contributed by atoms with Crippen molar-refractivity contribution in [2.24, 2.45) is 0 Å². The Kier molecular flexibility index (Phi) is 4.80. The van der Waals surface area contributed by atoms with Gasteiger partial charge in [-0.05, 0) is 44.5 Å². The number of nitrogens with zero attached hydrogens (tertiary/aromatic N) is 1. The molecular formula is C15H22N4O2. The molecule has 2 unspecified atom stereocenters. The van der Waals surface area contributed by atoms with Gasteiger partial charge in [-0.3, -0.25) is 14.5 Å². The van der Waals surface area contributed by atoms with Gasteiger partial charge in [0.15, 0.2) is 0 Å². The van der Waals surface area contributed by atoms with Gasteiger partial charge in [0.2, 0.25) is 11.8 Å². The quantitative estimate of drug-likeness (QED) is 0.716. The lowest BCUT2D eigenvalue weighted by Crippen LogP contribution is -2.50. The van der Waals surface area contributed by atoms with Crippen LogP contribution in [0.4, 0.5) is 11.4 Å². The number of likely N-dealkylation sites (N-methyl/N-ethyl adjacent to an activating group) is 1. The van der Waals surface area contributed by atoms with E-state index in [0.29, 0.717) is 11.4 Å². The lowest BCUT2D eigenvalue weighted by atomic mass is 10.1. The highest BCUT2D eigenvalue weighted by molar-refractivity contribution is 5.95. The zero-order chi connectivity index (χ0) is 15.4. The molecule has 4 N–H and O–H groups in total. The molecule has 2 atom stereocenters. The van der Waals surface area contributed by atoms with Crippen molar-refractivity contribution in [2.45, 2.75) is 31.8 Å². The zero-order valence-corrected chi connectivity index (χ0v) is 12.4. The molecule has 1 saturated heterocycles. The second kappa shape index (κ2) is 6.58. The molecule has 0 bridgehead atoms. The molecule has 0 saturated carbocycles. The number of benzene rings is 1. The van der Waals surface area contributed by atoms with Gasteiger partial charge in [0, 0.05) is 18.4 Å². The molecular weight excluding hydrogens is 268 g/mol. The van der Waals surface area contributed by atoms with Crippen molar-refractivity contribution in [1.29, 1.82) is 0 Å². The topological polar surface area (TPSA) is 87.5 Å². The van der Waals surface area contributed by atoms with Crippen LogP contribution in [0.2, 0.25) is 0 Å². The summed E-state index contributed by atoms with van der Waals surface area (Å²) in [5, 5.41) is 5.50. The van der Waals surface area contributed by atoms with Crippen molar-refractivity contribution in [3.63, 3.8) is 0 Å². The number of likely N-dealkylation sites (tertiary alicyclic amines) is 1. The number of hydrogen-bond donors (Lipinski definition) is 3. The van der Waals surface area contributed by atoms with Crippen LogP contribution in [-0.4, -0.2) is 42.4 Å². The van der Waals surface area contributed by atoms with Gasteiger partial charge in [0.1, 0.15) is 0 Å². The van der Waals surface area contributed by atoms with E-state index in [0.717, 1.165) is 19.4 Å². The van der Waals surface area contributed by atoms with Crippen molar-refractivity contribution in [2.75, 3.05) is 24.6 Å². The number of carbonyl (C=O) groups excluding carboxylic acids is 2. The summed E-state index contributed by atoms with van der Waals surface area (Å²) in [5.41, 5.74) is 6.97. The molecule has 6 nitrogen and oxygen atoms in total. The molecule has 0 aromatic heterocycles. The van der Waals surface area contributed by atoms with Gasteiger partial charge >= 0.3 is 0 Å². The first-order valence-corrected chi connectivity index (χ1v) is 7.16. The Morgan fingerprint density at radius 3 is 2.86 bits per heavy atom. The van der Waals surface area contributed by atoms with Gasteiger partial charge in [0.25, 0.3) is 0 Å². The lowest BCUT2D eigenvalue weighted by molar-refractivity contribution is -0.128. The number of rotatable bonds is 4. The summed E-state index contributed by atoms with van der Waals surface area (Å²) in [6.45, 7) is 2.58. The first-order chi connectivity index (χ1) is 10.0. The molecule has 1 aromatic rings. The molecule has 0 aliphatic carbocycles. The predicted octanol–water partition coefficient (Wildman–Crippen LogP) is 0.806. The lowest BCUT2D eigenvalue weighted by Gasteiger charge is -2.28. The van der Waals surface area contributed by atoms with Gasteiger partial charge in [-0.1, -0.05) is 6.07 Å². The minimum atomic E-state index is -0.365. The minimum absolute atomic E-state index is 0.0314. The fraction of sp³-hybridized carbons (Fsp3) is 0.467. The zero-order valence-electron chi connectivity index (χ0n) is 12.4. The van der Waals surface area contributed by atoms with Crippen molar-refractivity contribution >= 4 is 23.2 Å². The van der Waals surface area contributed by atoms with Crippen LogP contribution in [0.15, 0.2) is 24.3 Å². The molecule has 1 fully saturated rings. The number of nitrogens with one attached hydrogen (secondary N) is 2. The van der Waals surface area contributed by atoms with Gasteiger partial charge in [-0.15, -0.1) is 0 Å². The Bertz CT molecular complexity index is 532. The summed E-state index contributed by atoms with van der Waals surface area (Å²) >= 11 is 0. The van der Waals surface area contributed by atoms with E-state index in [1.165, 1.54) is 0 Å². The maximum atomic E-state index is 12.3. The molecule has 21 heavy (non-hydrogen) atoms. The van der Waals surface area contributed by atoms with Gasteiger partial charge in [0.05, 0.1) is 12.1 Å². The van der Waals surface area contributed by atoms with E-state index < -0.39 is 0 Å². The van der Waals surface area contributed by atoms with E-state index >= 15 is 0 Å². The monoisotopic (exact) mass is 290 g/mol. The van der Waals surface area contributed by atoms with Crippen LogP contribution in [0, 0.1) is 0 Å². The molecule has 2 rings (SSSR count). The predicted molar refractivity (Wildman–Crippen MR) is 82.7 cm³/mol. The number of hydrogen-bond acceptors (Lipinski definition) is 4. The van der Waals surface area contributed by atoms with Crippen LogP contribution < -0.4 is 16.4 Å². The summed E-state index contributed by atoms with van der Waals surface area (Å²) in [6.07, 6.45) is 1.71. The van der Waals surface area contributed by atoms with Crippen molar-refractivity contribution in [1.82, 2.24) is 10.2 Å². The first kappa shape index (κ1) is 15.3. The Morgan fingerprint density at radius 2 is 2.19 bits per heavy atom. The number of anilines is 2. The molecule has 1 aliphatic heterocycles. The molecule has 1 aromatic carbocycles. The molecule has 1 heterocycles. The van der Waals surface area contributed by atoms with E-state index in [4.69, 9.17) is 5.73 Å². The Hall–Kier alpha value is -2.08. The summed E-state index contributed by atoms with van der Waals surface area (Å²) in [5.74, 6) is -0.160. The van der Waals surface area contributed by atoms with E-state index in [1.807, 2.05) is 11.8 Å². The SMILES string of the molecule is CNC(=O)C1CCCN1C(C)C(=O)Nc1cccc(N)c1. The average molecular weight is 290 g/mol. The number of nitrogen functional groups attached to an aromatic ring is 1. The number of amides is 2. The average Bonchev–Trinajstić information content (AvgIpc) is 2.95. The highest BCUT2D eigenvalue weighted by Gasteiger charge is 2.35. The fourth-order valence-corrected chi connectivity index (χ4v) is 2.71. The van der Waals surface area contributed by atoms with Gasteiger partial charge in [-0.25, -0.2) is 0 Å². The number of carbonyl (C=O) groups is 2. The molecule has 0 spiro atoms. The largest absolute Gasteiger partial charge is 0.399 e. The highest BCUT2D eigenvalue weighted by Crippen LogP contribution is 2.21. The van der Waals surface area contributed by atoms with E-state index in [-0.39, 0.29) is 23.9 Å².